The summed E-state index contributed by atoms with van der Waals surface area (Å²) >= 11 is 0. The van der Waals surface area contributed by atoms with Gasteiger partial charge in [-0.2, -0.15) is 4.98 Å². The molecule has 4 aromatic rings. The Labute approximate surface area is 177 Å². The Morgan fingerprint density at radius 1 is 1.19 bits per heavy atom. The lowest BCUT2D eigenvalue weighted by Crippen LogP contribution is -2.48. The summed E-state index contributed by atoms with van der Waals surface area (Å²) in [7, 11) is 0. The zero-order valence-electron chi connectivity index (χ0n) is 17.0. The Morgan fingerprint density at radius 2 is 2.06 bits per heavy atom. The van der Waals surface area contributed by atoms with Crippen molar-refractivity contribution in [2.24, 2.45) is 0 Å². The maximum absolute atomic E-state index is 12.9. The van der Waals surface area contributed by atoms with Crippen molar-refractivity contribution < 1.29 is 13.3 Å². The van der Waals surface area contributed by atoms with E-state index in [1.54, 1.807) is 0 Å². The lowest BCUT2D eigenvalue weighted by Gasteiger charge is -2.35. The van der Waals surface area contributed by atoms with Gasteiger partial charge in [0.2, 0.25) is 11.7 Å². The molecule has 0 spiro atoms. The molecule has 7 nitrogen and oxygen atoms in total. The number of imidazole rings is 1. The maximum Gasteiger partial charge on any atom is 0.251 e. The molecule has 5 rings (SSSR count). The molecule has 160 valence electrons. The maximum atomic E-state index is 12.9. The Kier molecular flexibility index (Phi) is 4.90. The second kappa shape index (κ2) is 7.73. The highest BCUT2D eigenvalue weighted by atomic mass is 19.3. The second-order valence-electron chi connectivity index (χ2n) is 7.92. The molecule has 1 fully saturated rings. The SMILES string of the molecule is Cc1ccc(-c2noc(CNC3CC(F)(F)C3)n2)cc1NCc1cnc2ccccn12. The van der Waals surface area contributed by atoms with E-state index in [9.17, 15) is 8.78 Å². The van der Waals surface area contributed by atoms with Crippen LogP contribution >= 0.6 is 0 Å². The third kappa shape index (κ3) is 4.13. The number of fused-ring (bicyclic) bond motifs is 1. The Morgan fingerprint density at radius 3 is 2.90 bits per heavy atom. The van der Waals surface area contributed by atoms with Crippen LogP contribution in [0.2, 0.25) is 0 Å². The first-order valence-electron chi connectivity index (χ1n) is 10.2. The van der Waals surface area contributed by atoms with E-state index >= 15 is 0 Å². The van der Waals surface area contributed by atoms with E-state index in [2.05, 4.69) is 25.8 Å². The molecule has 1 saturated carbocycles. The highest BCUT2D eigenvalue weighted by Gasteiger charge is 2.45. The summed E-state index contributed by atoms with van der Waals surface area (Å²) in [5, 5.41) is 10.5. The van der Waals surface area contributed by atoms with Crippen molar-refractivity contribution in [1.29, 1.82) is 0 Å². The largest absolute Gasteiger partial charge is 0.379 e. The molecule has 0 bridgehead atoms. The van der Waals surface area contributed by atoms with E-state index in [0.29, 0.717) is 18.3 Å². The minimum atomic E-state index is -2.55. The van der Waals surface area contributed by atoms with Crippen LogP contribution in [0.3, 0.4) is 0 Å². The van der Waals surface area contributed by atoms with Gasteiger partial charge in [0, 0.05) is 36.3 Å². The molecule has 9 heteroatoms. The number of aromatic nitrogens is 4. The van der Waals surface area contributed by atoms with E-state index in [1.807, 2.05) is 60.1 Å². The summed E-state index contributed by atoms with van der Waals surface area (Å²) in [5.74, 6) is -1.70. The third-order valence-corrected chi connectivity index (χ3v) is 5.55. The number of anilines is 1. The number of hydrogen-bond donors (Lipinski definition) is 2. The highest BCUT2D eigenvalue weighted by Crippen LogP contribution is 2.37. The van der Waals surface area contributed by atoms with Gasteiger partial charge < -0.3 is 19.6 Å². The summed E-state index contributed by atoms with van der Waals surface area (Å²) in [6.07, 6.45) is 3.56. The minimum absolute atomic E-state index is 0.145. The van der Waals surface area contributed by atoms with Crippen LogP contribution in [-0.2, 0) is 13.1 Å². The number of rotatable bonds is 7. The summed E-state index contributed by atoms with van der Waals surface area (Å²) in [6.45, 7) is 2.92. The lowest BCUT2D eigenvalue weighted by atomic mass is 9.88. The molecule has 2 N–H and O–H groups in total. The molecule has 0 atom stereocenters. The van der Waals surface area contributed by atoms with E-state index in [0.717, 1.165) is 28.2 Å². The van der Waals surface area contributed by atoms with Gasteiger partial charge >= 0.3 is 0 Å². The number of pyridine rings is 1. The Hall–Kier alpha value is -3.33. The molecule has 0 radical (unpaired) electrons. The van der Waals surface area contributed by atoms with Crippen molar-refractivity contribution in [3.8, 4) is 11.4 Å². The van der Waals surface area contributed by atoms with Crippen LogP contribution in [-0.4, -0.2) is 31.5 Å². The summed E-state index contributed by atoms with van der Waals surface area (Å²) in [5.41, 5.74) is 4.83. The molecule has 1 aliphatic carbocycles. The number of aryl methyl sites for hydroxylation is 1. The molecule has 0 aliphatic heterocycles. The number of benzene rings is 1. The summed E-state index contributed by atoms with van der Waals surface area (Å²) < 4.78 is 33.2. The fourth-order valence-corrected chi connectivity index (χ4v) is 3.73. The predicted octanol–water partition coefficient (Wildman–Crippen LogP) is 4.19. The normalized spacial score (nSPS) is 15.8. The number of alkyl halides is 2. The molecule has 0 unspecified atom stereocenters. The summed E-state index contributed by atoms with van der Waals surface area (Å²) in [6, 6.07) is 11.6. The van der Waals surface area contributed by atoms with E-state index in [1.165, 1.54) is 0 Å². The standard InChI is InChI=1S/C22H22F2N6O/c1-14-5-6-15(21-28-20(31-29-21)13-25-16-9-22(23,24)10-16)8-18(14)26-11-17-12-27-19-4-2-3-7-30(17)19/h2-8,12,16,25-26H,9-11,13H2,1H3. The molecule has 0 saturated heterocycles. The molecule has 0 amide bonds. The number of nitrogens with zero attached hydrogens (tertiary/aromatic N) is 4. The van der Waals surface area contributed by atoms with E-state index < -0.39 is 5.92 Å². The highest BCUT2D eigenvalue weighted by molar-refractivity contribution is 5.65. The molecule has 1 aliphatic rings. The van der Waals surface area contributed by atoms with Crippen molar-refractivity contribution in [1.82, 2.24) is 24.8 Å². The average molecular weight is 424 g/mol. The first kappa shape index (κ1) is 19.6. The molecule has 3 heterocycles. The molecular weight excluding hydrogens is 402 g/mol. The first-order chi connectivity index (χ1) is 15.0. The predicted molar refractivity (Wildman–Crippen MR) is 112 cm³/mol. The van der Waals surface area contributed by atoms with Gasteiger partial charge in [0.05, 0.1) is 25.0 Å². The van der Waals surface area contributed by atoms with Crippen molar-refractivity contribution >= 4 is 11.3 Å². The minimum Gasteiger partial charge on any atom is -0.379 e. The molecule has 31 heavy (non-hydrogen) atoms. The Balaban J connectivity index is 1.26. The smallest absolute Gasteiger partial charge is 0.251 e. The topological polar surface area (TPSA) is 80.3 Å². The van der Waals surface area contributed by atoms with Gasteiger partial charge in [-0.05, 0) is 30.7 Å². The van der Waals surface area contributed by atoms with Gasteiger partial charge in [-0.3, -0.25) is 0 Å². The van der Waals surface area contributed by atoms with Crippen LogP contribution in [0.25, 0.3) is 17.0 Å². The average Bonchev–Trinajstić information content (AvgIpc) is 3.37. The van der Waals surface area contributed by atoms with E-state index in [4.69, 9.17) is 4.52 Å². The number of nitrogens with one attached hydrogen (secondary N) is 2. The quantitative estimate of drug-likeness (QED) is 0.463. The van der Waals surface area contributed by atoms with Crippen molar-refractivity contribution in [3.63, 3.8) is 0 Å². The third-order valence-electron chi connectivity index (χ3n) is 5.55. The zero-order chi connectivity index (χ0) is 21.4. The number of hydrogen-bond acceptors (Lipinski definition) is 6. The number of halogens is 2. The van der Waals surface area contributed by atoms with Gasteiger partial charge in [0.1, 0.15) is 5.65 Å². The monoisotopic (exact) mass is 424 g/mol. The van der Waals surface area contributed by atoms with Crippen molar-refractivity contribution in [3.05, 3.63) is 65.9 Å². The van der Waals surface area contributed by atoms with Gasteiger partial charge in [-0.25, -0.2) is 13.8 Å². The van der Waals surface area contributed by atoms with Crippen LogP contribution in [0.5, 0.6) is 0 Å². The fourth-order valence-electron chi connectivity index (χ4n) is 3.73. The van der Waals surface area contributed by atoms with Crippen molar-refractivity contribution in [2.75, 3.05) is 5.32 Å². The van der Waals surface area contributed by atoms with Gasteiger partial charge in [-0.15, -0.1) is 0 Å². The van der Waals surface area contributed by atoms with Crippen LogP contribution in [0, 0.1) is 6.92 Å². The van der Waals surface area contributed by atoms with Gasteiger partial charge in [0.25, 0.3) is 5.92 Å². The fraction of sp³-hybridized carbons (Fsp3) is 0.318. The summed E-state index contributed by atoms with van der Waals surface area (Å²) in [4.78, 5) is 8.81. The van der Waals surface area contributed by atoms with Crippen LogP contribution < -0.4 is 10.6 Å². The molecule has 3 aromatic heterocycles. The van der Waals surface area contributed by atoms with Crippen LogP contribution in [0.1, 0.15) is 30.0 Å². The van der Waals surface area contributed by atoms with Crippen molar-refractivity contribution in [2.45, 2.75) is 44.8 Å². The zero-order valence-corrected chi connectivity index (χ0v) is 17.0. The molecule has 1 aromatic carbocycles. The van der Waals surface area contributed by atoms with Crippen LogP contribution in [0.4, 0.5) is 14.5 Å². The van der Waals surface area contributed by atoms with Gasteiger partial charge in [-0.1, -0.05) is 23.4 Å². The van der Waals surface area contributed by atoms with Crippen LogP contribution in [0.15, 0.2) is 53.3 Å². The van der Waals surface area contributed by atoms with Gasteiger partial charge in [0.15, 0.2) is 0 Å². The Bertz CT molecular complexity index is 1210. The van der Waals surface area contributed by atoms with E-state index in [-0.39, 0.29) is 25.4 Å². The molecular formula is C22H22F2N6O. The first-order valence-corrected chi connectivity index (χ1v) is 10.2. The second-order valence-corrected chi connectivity index (χ2v) is 7.92. The lowest BCUT2D eigenvalue weighted by molar-refractivity contribution is -0.0933.